The van der Waals surface area contributed by atoms with Gasteiger partial charge in [0.1, 0.15) is 12.1 Å². The number of rotatable bonds is 7. The SMILES string of the molecule is Cc1ccccc1C[C@H](NC(=O)C1CCCCN1S(=O)C(=O)c1ccccc1)C(N)=O. The van der Waals surface area contributed by atoms with Crippen molar-refractivity contribution in [3.05, 3.63) is 71.3 Å². The first-order valence-corrected chi connectivity index (χ1v) is 11.4. The van der Waals surface area contributed by atoms with Crippen LogP contribution in [0.2, 0.25) is 0 Å². The van der Waals surface area contributed by atoms with Gasteiger partial charge in [-0.2, -0.15) is 0 Å². The topological polar surface area (TPSA) is 110 Å². The third-order valence-electron chi connectivity index (χ3n) is 5.48. The highest BCUT2D eigenvalue weighted by Crippen LogP contribution is 2.21. The second kappa shape index (κ2) is 10.5. The molecule has 2 aromatic rings. The van der Waals surface area contributed by atoms with E-state index in [0.29, 0.717) is 18.5 Å². The molecule has 0 radical (unpaired) electrons. The summed E-state index contributed by atoms with van der Waals surface area (Å²) in [6.45, 7) is 2.29. The van der Waals surface area contributed by atoms with Gasteiger partial charge in [0.05, 0.1) is 0 Å². The zero-order valence-electron chi connectivity index (χ0n) is 17.5. The first-order chi connectivity index (χ1) is 14.9. The van der Waals surface area contributed by atoms with Crippen molar-refractivity contribution in [2.75, 3.05) is 6.54 Å². The predicted octanol–water partition coefficient (Wildman–Crippen LogP) is 1.87. The maximum absolute atomic E-state index is 13.1. The van der Waals surface area contributed by atoms with Gasteiger partial charge < -0.3 is 11.1 Å². The van der Waals surface area contributed by atoms with Crippen LogP contribution in [0, 0.1) is 6.92 Å². The van der Waals surface area contributed by atoms with E-state index in [1.807, 2.05) is 31.2 Å². The number of nitrogens with one attached hydrogen (secondary N) is 1. The molecule has 3 atom stereocenters. The Morgan fingerprint density at radius 1 is 1.10 bits per heavy atom. The molecular formula is C23H27N3O4S. The Hall–Kier alpha value is -2.84. The molecule has 1 aliphatic rings. The van der Waals surface area contributed by atoms with E-state index in [9.17, 15) is 18.6 Å². The number of nitrogens with zero attached hydrogens (tertiary/aromatic N) is 1. The van der Waals surface area contributed by atoms with E-state index >= 15 is 0 Å². The largest absolute Gasteiger partial charge is 0.368 e. The Balaban J connectivity index is 1.74. The van der Waals surface area contributed by atoms with Crippen LogP contribution in [0.15, 0.2) is 54.6 Å². The summed E-state index contributed by atoms with van der Waals surface area (Å²) in [5, 5.41) is 2.19. The number of piperidine rings is 1. The highest BCUT2D eigenvalue weighted by Gasteiger charge is 2.36. The minimum atomic E-state index is -2.00. The summed E-state index contributed by atoms with van der Waals surface area (Å²) in [7, 11) is -2.00. The zero-order valence-corrected chi connectivity index (χ0v) is 18.3. The molecule has 1 fully saturated rings. The Morgan fingerprint density at radius 2 is 1.77 bits per heavy atom. The maximum Gasteiger partial charge on any atom is 0.264 e. The molecular weight excluding hydrogens is 414 g/mol. The van der Waals surface area contributed by atoms with Gasteiger partial charge in [0.15, 0.2) is 11.0 Å². The van der Waals surface area contributed by atoms with E-state index in [1.54, 1.807) is 30.3 Å². The summed E-state index contributed by atoms with van der Waals surface area (Å²) >= 11 is 0. The second-order valence-corrected chi connectivity index (χ2v) is 8.99. The van der Waals surface area contributed by atoms with Gasteiger partial charge in [-0.3, -0.25) is 14.4 Å². The maximum atomic E-state index is 13.1. The smallest absolute Gasteiger partial charge is 0.264 e. The Kier molecular flexibility index (Phi) is 7.70. The fraction of sp³-hybridized carbons (Fsp3) is 0.348. The van der Waals surface area contributed by atoms with Crippen molar-refractivity contribution >= 4 is 27.9 Å². The molecule has 3 N–H and O–H groups in total. The lowest BCUT2D eigenvalue weighted by Crippen LogP contribution is -2.55. The number of carbonyl (C=O) groups excluding carboxylic acids is 3. The van der Waals surface area contributed by atoms with E-state index in [-0.39, 0.29) is 6.42 Å². The van der Waals surface area contributed by atoms with E-state index < -0.39 is 40.0 Å². The average molecular weight is 442 g/mol. The number of amides is 2. The van der Waals surface area contributed by atoms with Crippen LogP contribution in [-0.4, -0.2) is 44.1 Å². The summed E-state index contributed by atoms with van der Waals surface area (Å²) in [4.78, 5) is 37.8. The summed E-state index contributed by atoms with van der Waals surface area (Å²) in [5.41, 5.74) is 7.79. The Bertz CT molecular complexity index is 980. The van der Waals surface area contributed by atoms with E-state index in [4.69, 9.17) is 5.73 Å². The van der Waals surface area contributed by atoms with Gasteiger partial charge in [-0.1, -0.05) is 61.0 Å². The average Bonchev–Trinajstić information content (AvgIpc) is 2.79. The van der Waals surface area contributed by atoms with Gasteiger partial charge in [0.25, 0.3) is 5.12 Å². The molecule has 1 saturated heterocycles. The minimum absolute atomic E-state index is 0.270. The lowest BCUT2D eigenvalue weighted by molar-refractivity contribution is -0.130. The first-order valence-electron chi connectivity index (χ1n) is 10.3. The van der Waals surface area contributed by atoms with Crippen LogP contribution in [0.5, 0.6) is 0 Å². The quantitative estimate of drug-likeness (QED) is 0.683. The first kappa shape index (κ1) is 22.8. The zero-order chi connectivity index (χ0) is 22.4. The van der Waals surface area contributed by atoms with Crippen LogP contribution in [0.3, 0.4) is 0 Å². The normalized spacial score (nSPS) is 18.7. The second-order valence-electron chi connectivity index (χ2n) is 7.65. The van der Waals surface area contributed by atoms with Crippen molar-refractivity contribution in [3.63, 3.8) is 0 Å². The molecule has 0 aromatic heterocycles. The summed E-state index contributed by atoms with van der Waals surface area (Å²) in [5.74, 6) is -1.08. The Morgan fingerprint density at radius 3 is 2.45 bits per heavy atom. The number of primary amides is 1. The molecule has 3 rings (SSSR count). The number of carbonyl (C=O) groups is 3. The monoisotopic (exact) mass is 441 g/mol. The molecule has 0 bridgehead atoms. The van der Waals surface area contributed by atoms with Gasteiger partial charge in [-0.05, 0) is 30.9 Å². The van der Waals surface area contributed by atoms with Gasteiger partial charge in [-0.15, -0.1) is 0 Å². The molecule has 31 heavy (non-hydrogen) atoms. The molecule has 1 aliphatic heterocycles. The van der Waals surface area contributed by atoms with Gasteiger partial charge >= 0.3 is 0 Å². The molecule has 0 saturated carbocycles. The fourth-order valence-corrected chi connectivity index (χ4v) is 4.97. The molecule has 8 heteroatoms. The van der Waals surface area contributed by atoms with Crippen molar-refractivity contribution in [2.45, 2.75) is 44.7 Å². The van der Waals surface area contributed by atoms with Crippen molar-refractivity contribution in [1.82, 2.24) is 9.62 Å². The van der Waals surface area contributed by atoms with E-state index in [0.717, 1.165) is 24.0 Å². The summed E-state index contributed by atoms with van der Waals surface area (Å²) in [6, 6.07) is 14.3. The van der Waals surface area contributed by atoms with Crippen molar-refractivity contribution in [3.8, 4) is 0 Å². The Labute approximate surface area is 184 Å². The number of hydrogen-bond donors (Lipinski definition) is 2. The number of aryl methyl sites for hydroxylation is 1. The van der Waals surface area contributed by atoms with Gasteiger partial charge in [0, 0.05) is 18.5 Å². The highest BCUT2D eigenvalue weighted by atomic mass is 32.2. The van der Waals surface area contributed by atoms with Crippen LogP contribution in [0.4, 0.5) is 0 Å². The van der Waals surface area contributed by atoms with Crippen molar-refractivity contribution in [1.29, 1.82) is 0 Å². The molecule has 164 valence electrons. The molecule has 1 heterocycles. The number of nitrogens with two attached hydrogens (primary N) is 1. The lowest BCUT2D eigenvalue weighted by Gasteiger charge is -2.33. The van der Waals surface area contributed by atoms with Gasteiger partial charge in [-0.25, -0.2) is 8.51 Å². The third-order valence-corrected chi connectivity index (χ3v) is 6.90. The van der Waals surface area contributed by atoms with E-state index in [2.05, 4.69) is 5.32 Å². The number of benzene rings is 2. The van der Waals surface area contributed by atoms with Crippen LogP contribution in [0.25, 0.3) is 0 Å². The highest BCUT2D eigenvalue weighted by molar-refractivity contribution is 7.98. The van der Waals surface area contributed by atoms with Crippen LogP contribution >= 0.6 is 0 Å². The molecule has 2 aromatic carbocycles. The van der Waals surface area contributed by atoms with Crippen LogP contribution < -0.4 is 11.1 Å². The minimum Gasteiger partial charge on any atom is -0.368 e. The fourth-order valence-electron chi connectivity index (χ4n) is 3.70. The number of hydrogen-bond acceptors (Lipinski definition) is 4. The molecule has 7 nitrogen and oxygen atoms in total. The third kappa shape index (κ3) is 5.65. The molecule has 0 aliphatic carbocycles. The molecule has 0 spiro atoms. The molecule has 2 amide bonds. The van der Waals surface area contributed by atoms with Crippen LogP contribution in [0.1, 0.15) is 40.7 Å². The van der Waals surface area contributed by atoms with Crippen molar-refractivity contribution in [2.24, 2.45) is 5.73 Å². The van der Waals surface area contributed by atoms with E-state index in [1.165, 1.54) is 4.31 Å². The van der Waals surface area contributed by atoms with Gasteiger partial charge in [0.2, 0.25) is 11.8 Å². The molecule has 2 unspecified atom stereocenters. The van der Waals surface area contributed by atoms with Crippen LogP contribution in [-0.2, 0) is 27.0 Å². The predicted molar refractivity (Wildman–Crippen MR) is 119 cm³/mol. The van der Waals surface area contributed by atoms with Crippen molar-refractivity contribution < 1.29 is 18.6 Å². The summed E-state index contributed by atoms with van der Waals surface area (Å²) in [6.07, 6.45) is 2.23. The summed E-state index contributed by atoms with van der Waals surface area (Å²) < 4.78 is 14.4. The standard InChI is InChI=1S/C23H27N3O4S/c1-16-9-5-6-12-18(16)15-19(21(24)27)25-22(28)20-13-7-8-14-26(20)31(30)23(29)17-10-3-2-4-11-17/h2-6,9-12,19-20H,7-8,13-15H2,1H3,(H2,24,27)(H,25,28)/t19-,20?,31?/m0/s1. The lowest BCUT2D eigenvalue weighted by atomic mass is 9.99.